The molecule has 4 nitrogen and oxygen atoms in total. The predicted molar refractivity (Wildman–Crippen MR) is 88.7 cm³/mol. The molecule has 1 amide bonds. The highest BCUT2D eigenvalue weighted by atomic mass is 32.2. The van der Waals surface area contributed by atoms with E-state index in [0.29, 0.717) is 23.8 Å². The molecular formula is C16H24N2O2S. The molecule has 0 spiro atoms. The van der Waals surface area contributed by atoms with Crippen molar-refractivity contribution in [2.45, 2.75) is 39.0 Å². The van der Waals surface area contributed by atoms with Crippen molar-refractivity contribution in [3.63, 3.8) is 0 Å². The van der Waals surface area contributed by atoms with Gasteiger partial charge in [0.15, 0.2) is 0 Å². The number of rotatable bonds is 6. The van der Waals surface area contributed by atoms with E-state index in [1.165, 1.54) is 25.7 Å². The van der Waals surface area contributed by atoms with Crippen LogP contribution in [-0.4, -0.2) is 21.6 Å². The van der Waals surface area contributed by atoms with Crippen molar-refractivity contribution < 1.29 is 9.00 Å². The Labute approximate surface area is 129 Å². The Bertz CT molecular complexity index is 525. The number of anilines is 2. The lowest BCUT2D eigenvalue weighted by Crippen LogP contribution is -2.18. The summed E-state index contributed by atoms with van der Waals surface area (Å²) in [5.41, 5.74) is 8.08. The van der Waals surface area contributed by atoms with Gasteiger partial charge in [0.25, 0.3) is 0 Å². The molecule has 116 valence electrons. The molecule has 1 unspecified atom stereocenters. The maximum Gasteiger partial charge on any atom is 0.225 e. The van der Waals surface area contributed by atoms with E-state index in [9.17, 15) is 9.00 Å². The summed E-state index contributed by atoms with van der Waals surface area (Å²) in [5, 5.41) is 2.86. The highest BCUT2D eigenvalue weighted by molar-refractivity contribution is 7.85. The molecule has 1 saturated carbocycles. The van der Waals surface area contributed by atoms with Gasteiger partial charge >= 0.3 is 0 Å². The van der Waals surface area contributed by atoms with Crippen molar-refractivity contribution in [2.24, 2.45) is 5.92 Å². The quantitative estimate of drug-likeness (QED) is 0.794. The Morgan fingerprint density at radius 2 is 2.10 bits per heavy atom. The first-order valence-corrected chi connectivity index (χ1v) is 9.04. The molecule has 21 heavy (non-hydrogen) atoms. The van der Waals surface area contributed by atoms with Crippen molar-refractivity contribution in [3.8, 4) is 0 Å². The van der Waals surface area contributed by atoms with E-state index in [1.807, 2.05) is 13.0 Å². The minimum atomic E-state index is -0.878. The molecular weight excluding hydrogens is 284 g/mol. The SMILES string of the molecule is Cc1cc(N)ccc1NC(=O)CCS(=O)CC1CCCC1. The maximum absolute atomic E-state index is 12.0. The number of benzene rings is 1. The lowest BCUT2D eigenvalue weighted by Gasteiger charge is -2.10. The highest BCUT2D eigenvalue weighted by Crippen LogP contribution is 2.25. The van der Waals surface area contributed by atoms with Crippen molar-refractivity contribution in [2.75, 3.05) is 22.6 Å². The van der Waals surface area contributed by atoms with Crippen LogP contribution in [-0.2, 0) is 15.6 Å². The number of amides is 1. The number of nitrogen functional groups attached to an aromatic ring is 1. The summed E-state index contributed by atoms with van der Waals surface area (Å²) in [4.78, 5) is 11.9. The van der Waals surface area contributed by atoms with Crippen LogP contribution < -0.4 is 11.1 Å². The Morgan fingerprint density at radius 1 is 1.38 bits per heavy atom. The molecule has 0 aliphatic heterocycles. The molecule has 1 aromatic carbocycles. The third kappa shape index (κ3) is 5.16. The van der Waals surface area contributed by atoms with Gasteiger partial charge in [-0.05, 0) is 49.4 Å². The van der Waals surface area contributed by atoms with Crippen LogP contribution in [0.5, 0.6) is 0 Å². The average molecular weight is 308 g/mol. The van der Waals surface area contributed by atoms with Crippen LogP contribution in [0.1, 0.15) is 37.7 Å². The number of carbonyl (C=O) groups excluding carboxylic acids is 1. The van der Waals surface area contributed by atoms with Crippen LogP contribution in [0, 0.1) is 12.8 Å². The zero-order chi connectivity index (χ0) is 15.2. The number of nitrogens with two attached hydrogens (primary N) is 1. The fourth-order valence-electron chi connectivity index (χ4n) is 2.77. The molecule has 5 heteroatoms. The summed E-state index contributed by atoms with van der Waals surface area (Å²) in [5.74, 6) is 1.74. The molecule has 3 N–H and O–H groups in total. The van der Waals surface area contributed by atoms with Crippen LogP contribution in [0.3, 0.4) is 0 Å². The standard InChI is InChI=1S/C16H24N2O2S/c1-12-10-14(17)6-7-15(12)18-16(19)8-9-21(20)11-13-4-2-3-5-13/h6-7,10,13H,2-5,8-9,11,17H2,1H3,(H,18,19). The Balaban J connectivity index is 1.75. The van der Waals surface area contributed by atoms with Gasteiger partial charge in [0, 0.05) is 40.1 Å². The van der Waals surface area contributed by atoms with Gasteiger partial charge in [0.1, 0.15) is 0 Å². The molecule has 0 radical (unpaired) electrons. The molecule has 1 fully saturated rings. The van der Waals surface area contributed by atoms with Gasteiger partial charge in [-0.3, -0.25) is 9.00 Å². The van der Waals surface area contributed by atoms with Gasteiger partial charge in [0.2, 0.25) is 5.91 Å². The third-order valence-corrected chi connectivity index (χ3v) is 5.48. The predicted octanol–water partition coefficient (Wildman–Crippen LogP) is 2.84. The van der Waals surface area contributed by atoms with E-state index < -0.39 is 10.8 Å². The molecule has 0 saturated heterocycles. The van der Waals surface area contributed by atoms with Crippen LogP contribution in [0.2, 0.25) is 0 Å². The molecule has 1 aliphatic carbocycles. The van der Waals surface area contributed by atoms with E-state index in [2.05, 4.69) is 5.32 Å². The molecule has 1 atom stereocenters. The van der Waals surface area contributed by atoms with Crippen molar-refractivity contribution in [1.29, 1.82) is 0 Å². The van der Waals surface area contributed by atoms with Gasteiger partial charge in [-0.25, -0.2) is 0 Å². The second-order valence-electron chi connectivity index (χ2n) is 5.83. The topological polar surface area (TPSA) is 72.2 Å². The Morgan fingerprint density at radius 3 is 2.76 bits per heavy atom. The van der Waals surface area contributed by atoms with Crippen molar-refractivity contribution in [1.82, 2.24) is 0 Å². The first-order valence-electron chi connectivity index (χ1n) is 7.55. The molecule has 1 aliphatic rings. The first kappa shape index (κ1) is 16.0. The van der Waals surface area contributed by atoms with E-state index in [0.717, 1.165) is 17.0 Å². The second kappa shape index (κ2) is 7.59. The Hall–Kier alpha value is -1.36. The highest BCUT2D eigenvalue weighted by Gasteiger charge is 2.18. The Kier molecular flexibility index (Phi) is 5.79. The van der Waals surface area contributed by atoms with Gasteiger partial charge in [-0.1, -0.05) is 12.8 Å². The van der Waals surface area contributed by atoms with E-state index in [-0.39, 0.29) is 5.91 Å². The lowest BCUT2D eigenvalue weighted by atomic mass is 10.1. The number of hydrogen-bond acceptors (Lipinski definition) is 3. The number of hydrogen-bond donors (Lipinski definition) is 2. The number of aryl methyl sites for hydroxylation is 1. The van der Waals surface area contributed by atoms with Gasteiger partial charge < -0.3 is 11.1 Å². The maximum atomic E-state index is 12.0. The summed E-state index contributed by atoms with van der Waals surface area (Å²) < 4.78 is 12.0. The zero-order valence-electron chi connectivity index (χ0n) is 12.6. The summed E-state index contributed by atoms with van der Waals surface area (Å²) >= 11 is 0. The lowest BCUT2D eigenvalue weighted by molar-refractivity contribution is -0.115. The summed E-state index contributed by atoms with van der Waals surface area (Å²) in [7, 11) is -0.878. The fraction of sp³-hybridized carbons (Fsp3) is 0.562. The third-order valence-electron chi connectivity index (χ3n) is 3.98. The van der Waals surface area contributed by atoms with E-state index >= 15 is 0 Å². The van der Waals surface area contributed by atoms with Gasteiger partial charge in [-0.2, -0.15) is 0 Å². The first-order chi connectivity index (χ1) is 10.0. The number of nitrogens with one attached hydrogen (secondary N) is 1. The second-order valence-corrected chi connectivity index (χ2v) is 7.45. The van der Waals surface area contributed by atoms with Crippen molar-refractivity contribution >= 4 is 28.1 Å². The van der Waals surface area contributed by atoms with E-state index in [1.54, 1.807) is 12.1 Å². The number of carbonyl (C=O) groups is 1. The zero-order valence-corrected chi connectivity index (χ0v) is 13.4. The van der Waals surface area contributed by atoms with Crippen LogP contribution in [0.25, 0.3) is 0 Å². The van der Waals surface area contributed by atoms with Crippen LogP contribution >= 0.6 is 0 Å². The van der Waals surface area contributed by atoms with E-state index in [4.69, 9.17) is 5.73 Å². The molecule has 0 heterocycles. The summed E-state index contributed by atoms with van der Waals surface area (Å²) in [6, 6.07) is 5.40. The molecule has 1 aromatic rings. The van der Waals surface area contributed by atoms with Crippen LogP contribution in [0.4, 0.5) is 11.4 Å². The van der Waals surface area contributed by atoms with Crippen molar-refractivity contribution in [3.05, 3.63) is 23.8 Å². The molecule has 2 rings (SSSR count). The average Bonchev–Trinajstić information content (AvgIpc) is 2.92. The molecule has 0 aromatic heterocycles. The molecule has 0 bridgehead atoms. The summed E-state index contributed by atoms with van der Waals surface area (Å²) in [6.07, 6.45) is 5.23. The monoisotopic (exact) mass is 308 g/mol. The van der Waals surface area contributed by atoms with Crippen LogP contribution in [0.15, 0.2) is 18.2 Å². The minimum absolute atomic E-state index is 0.0809. The normalized spacial score (nSPS) is 16.8. The minimum Gasteiger partial charge on any atom is -0.399 e. The fourth-order valence-corrected chi connectivity index (χ4v) is 4.21. The van der Waals surface area contributed by atoms with Gasteiger partial charge in [0.05, 0.1) is 0 Å². The largest absolute Gasteiger partial charge is 0.399 e. The smallest absolute Gasteiger partial charge is 0.225 e. The summed E-state index contributed by atoms with van der Waals surface area (Å²) in [6.45, 7) is 1.91. The van der Waals surface area contributed by atoms with Gasteiger partial charge in [-0.15, -0.1) is 0 Å².